The quantitative estimate of drug-likeness (QED) is 0.865. The van der Waals surface area contributed by atoms with Crippen molar-refractivity contribution in [3.63, 3.8) is 0 Å². The Bertz CT molecular complexity index is 505. The van der Waals surface area contributed by atoms with Crippen LogP contribution >= 0.6 is 0 Å². The van der Waals surface area contributed by atoms with Gasteiger partial charge in [-0.1, -0.05) is 13.0 Å². The van der Waals surface area contributed by atoms with Crippen LogP contribution in [0.2, 0.25) is 0 Å². The number of aromatic nitrogens is 2. The van der Waals surface area contributed by atoms with E-state index in [9.17, 15) is 4.39 Å². The maximum absolute atomic E-state index is 13.6. The number of aryl methyl sites for hydroxylation is 2. The Balaban J connectivity index is 2.49. The van der Waals surface area contributed by atoms with Crippen molar-refractivity contribution < 1.29 is 4.39 Å². The summed E-state index contributed by atoms with van der Waals surface area (Å²) in [6, 6.07) is 5.11. The molecule has 17 heavy (non-hydrogen) atoms. The van der Waals surface area contributed by atoms with Crippen molar-refractivity contribution in [1.82, 2.24) is 9.55 Å². The monoisotopic (exact) mass is 235 g/mol. The van der Waals surface area contributed by atoms with Crippen LogP contribution in [0.1, 0.15) is 25.6 Å². The molecular formula is C13H18FN3. The first-order valence-electron chi connectivity index (χ1n) is 6.11. The van der Waals surface area contributed by atoms with Crippen LogP contribution in [0, 0.1) is 5.82 Å². The summed E-state index contributed by atoms with van der Waals surface area (Å²) in [4.78, 5) is 4.40. The minimum Gasteiger partial charge on any atom is -0.330 e. The van der Waals surface area contributed by atoms with Crippen LogP contribution in [-0.4, -0.2) is 16.1 Å². The van der Waals surface area contributed by atoms with Crippen LogP contribution in [0.5, 0.6) is 0 Å². The largest absolute Gasteiger partial charge is 0.330 e. The van der Waals surface area contributed by atoms with Gasteiger partial charge in [-0.3, -0.25) is 0 Å². The van der Waals surface area contributed by atoms with E-state index >= 15 is 0 Å². The molecule has 2 N–H and O–H groups in total. The molecule has 0 bridgehead atoms. The molecule has 1 aromatic carbocycles. The second-order valence-corrected chi connectivity index (χ2v) is 4.18. The molecule has 0 spiro atoms. The van der Waals surface area contributed by atoms with E-state index in [1.165, 1.54) is 6.07 Å². The van der Waals surface area contributed by atoms with Gasteiger partial charge < -0.3 is 10.3 Å². The van der Waals surface area contributed by atoms with Gasteiger partial charge in [0.05, 0.1) is 5.52 Å². The molecule has 4 heteroatoms. The number of rotatable bonds is 5. The maximum Gasteiger partial charge on any atom is 0.151 e. The van der Waals surface area contributed by atoms with Crippen molar-refractivity contribution in [3.05, 3.63) is 29.8 Å². The molecule has 0 aliphatic carbocycles. The second kappa shape index (κ2) is 5.27. The fraction of sp³-hybridized carbons (Fsp3) is 0.462. The molecule has 0 atom stereocenters. The Kier molecular flexibility index (Phi) is 3.74. The smallest absolute Gasteiger partial charge is 0.151 e. The van der Waals surface area contributed by atoms with E-state index in [4.69, 9.17) is 5.73 Å². The van der Waals surface area contributed by atoms with Gasteiger partial charge in [-0.15, -0.1) is 0 Å². The normalized spacial score (nSPS) is 11.2. The predicted molar refractivity (Wildman–Crippen MR) is 67.4 cm³/mol. The zero-order valence-corrected chi connectivity index (χ0v) is 10.1. The Hall–Kier alpha value is -1.42. The highest BCUT2D eigenvalue weighted by atomic mass is 19.1. The standard InChI is InChI=1S/C13H18FN3/c1-2-9-17-11-6-3-5-10(14)13(11)16-12(17)7-4-8-15/h3,5-6H,2,4,7-9,15H2,1H3. The first kappa shape index (κ1) is 12.0. The summed E-state index contributed by atoms with van der Waals surface area (Å²) in [5.74, 6) is 0.698. The molecule has 1 heterocycles. The van der Waals surface area contributed by atoms with E-state index in [0.29, 0.717) is 12.1 Å². The summed E-state index contributed by atoms with van der Waals surface area (Å²) in [7, 11) is 0. The number of hydrogen-bond donors (Lipinski definition) is 1. The van der Waals surface area contributed by atoms with Crippen LogP contribution in [-0.2, 0) is 13.0 Å². The van der Waals surface area contributed by atoms with Gasteiger partial charge in [0.2, 0.25) is 0 Å². The molecular weight excluding hydrogens is 217 g/mol. The highest BCUT2D eigenvalue weighted by molar-refractivity contribution is 5.76. The minimum absolute atomic E-state index is 0.244. The number of halogens is 1. The van der Waals surface area contributed by atoms with Gasteiger partial charge in [0.15, 0.2) is 5.82 Å². The van der Waals surface area contributed by atoms with Crippen molar-refractivity contribution in [1.29, 1.82) is 0 Å². The Morgan fingerprint density at radius 3 is 2.94 bits per heavy atom. The number of imidazole rings is 1. The summed E-state index contributed by atoms with van der Waals surface area (Å²) in [6.07, 6.45) is 2.71. The molecule has 3 nitrogen and oxygen atoms in total. The summed E-state index contributed by atoms with van der Waals surface area (Å²) in [6.45, 7) is 3.62. The van der Waals surface area contributed by atoms with Crippen molar-refractivity contribution in [2.45, 2.75) is 32.7 Å². The van der Waals surface area contributed by atoms with Gasteiger partial charge >= 0.3 is 0 Å². The number of nitrogens with two attached hydrogens (primary N) is 1. The Labute approximate surface area is 100 Å². The molecule has 0 aliphatic heterocycles. The average Bonchev–Trinajstić information content (AvgIpc) is 2.67. The fourth-order valence-electron chi connectivity index (χ4n) is 2.09. The molecule has 0 aliphatic rings. The molecule has 0 amide bonds. The van der Waals surface area contributed by atoms with Crippen LogP contribution in [0.25, 0.3) is 11.0 Å². The van der Waals surface area contributed by atoms with Gasteiger partial charge in [0.1, 0.15) is 11.3 Å². The van der Waals surface area contributed by atoms with E-state index in [1.54, 1.807) is 6.07 Å². The third kappa shape index (κ3) is 2.31. The van der Waals surface area contributed by atoms with E-state index in [-0.39, 0.29) is 5.82 Å². The van der Waals surface area contributed by atoms with Crippen LogP contribution in [0.4, 0.5) is 4.39 Å². The first-order valence-corrected chi connectivity index (χ1v) is 6.11. The van der Waals surface area contributed by atoms with E-state index in [2.05, 4.69) is 16.5 Å². The Morgan fingerprint density at radius 2 is 2.24 bits per heavy atom. The lowest BCUT2D eigenvalue weighted by Gasteiger charge is -2.06. The van der Waals surface area contributed by atoms with Crippen molar-refractivity contribution in [3.8, 4) is 0 Å². The molecule has 0 fully saturated rings. The van der Waals surface area contributed by atoms with Gasteiger partial charge in [0.25, 0.3) is 0 Å². The van der Waals surface area contributed by atoms with Gasteiger partial charge in [0, 0.05) is 13.0 Å². The van der Waals surface area contributed by atoms with Crippen molar-refractivity contribution in [2.75, 3.05) is 6.54 Å². The molecule has 0 saturated heterocycles. The zero-order valence-electron chi connectivity index (χ0n) is 10.1. The summed E-state index contributed by atoms with van der Waals surface area (Å²) < 4.78 is 15.7. The first-order chi connectivity index (χ1) is 8.27. The molecule has 1 aromatic heterocycles. The lowest BCUT2D eigenvalue weighted by Crippen LogP contribution is -2.07. The van der Waals surface area contributed by atoms with Crippen molar-refractivity contribution >= 4 is 11.0 Å². The van der Waals surface area contributed by atoms with Crippen LogP contribution < -0.4 is 5.73 Å². The van der Waals surface area contributed by atoms with E-state index in [0.717, 1.165) is 37.1 Å². The van der Waals surface area contributed by atoms with E-state index < -0.39 is 0 Å². The number of hydrogen-bond acceptors (Lipinski definition) is 2. The molecule has 0 saturated carbocycles. The maximum atomic E-state index is 13.6. The molecule has 2 aromatic rings. The average molecular weight is 235 g/mol. The molecule has 92 valence electrons. The number of benzene rings is 1. The highest BCUT2D eigenvalue weighted by Gasteiger charge is 2.12. The molecule has 0 unspecified atom stereocenters. The van der Waals surface area contributed by atoms with Gasteiger partial charge in [-0.25, -0.2) is 9.37 Å². The van der Waals surface area contributed by atoms with Crippen LogP contribution in [0.15, 0.2) is 18.2 Å². The van der Waals surface area contributed by atoms with Crippen LogP contribution in [0.3, 0.4) is 0 Å². The van der Waals surface area contributed by atoms with E-state index in [1.807, 2.05) is 6.07 Å². The lowest BCUT2D eigenvalue weighted by atomic mass is 10.3. The van der Waals surface area contributed by atoms with Gasteiger partial charge in [-0.05, 0) is 31.5 Å². The number of para-hydroxylation sites is 1. The number of nitrogens with zero attached hydrogens (tertiary/aromatic N) is 2. The third-order valence-electron chi connectivity index (χ3n) is 2.86. The SMILES string of the molecule is CCCn1c(CCCN)nc2c(F)cccc21. The fourth-order valence-corrected chi connectivity index (χ4v) is 2.09. The summed E-state index contributed by atoms with van der Waals surface area (Å²) in [5, 5.41) is 0. The predicted octanol–water partition coefficient (Wildman–Crippen LogP) is 2.48. The Morgan fingerprint density at radius 1 is 1.41 bits per heavy atom. The third-order valence-corrected chi connectivity index (χ3v) is 2.86. The summed E-state index contributed by atoms with van der Waals surface area (Å²) in [5.41, 5.74) is 6.88. The second-order valence-electron chi connectivity index (χ2n) is 4.18. The lowest BCUT2D eigenvalue weighted by molar-refractivity contribution is 0.636. The topological polar surface area (TPSA) is 43.8 Å². The molecule has 0 radical (unpaired) electrons. The molecule has 2 rings (SSSR count). The minimum atomic E-state index is -0.244. The highest BCUT2D eigenvalue weighted by Crippen LogP contribution is 2.20. The summed E-state index contributed by atoms with van der Waals surface area (Å²) >= 11 is 0. The number of fused-ring (bicyclic) bond motifs is 1. The van der Waals surface area contributed by atoms with Gasteiger partial charge in [-0.2, -0.15) is 0 Å². The zero-order chi connectivity index (χ0) is 12.3. The van der Waals surface area contributed by atoms with Crippen molar-refractivity contribution in [2.24, 2.45) is 5.73 Å².